The number of aromatic nitrogens is 1. The van der Waals surface area contributed by atoms with Crippen LogP contribution in [-0.4, -0.2) is 50.4 Å². The second-order valence-corrected chi connectivity index (χ2v) is 7.70. The molecule has 0 unspecified atom stereocenters. The molecule has 0 bridgehead atoms. The molecule has 1 N–H and O–H groups in total. The van der Waals surface area contributed by atoms with Gasteiger partial charge in [-0.2, -0.15) is 0 Å². The summed E-state index contributed by atoms with van der Waals surface area (Å²) in [4.78, 5) is 29.2. The Balaban J connectivity index is 1.68. The summed E-state index contributed by atoms with van der Waals surface area (Å²) in [6, 6.07) is 4.34. The van der Waals surface area contributed by atoms with E-state index in [1.807, 2.05) is 13.8 Å². The van der Waals surface area contributed by atoms with Crippen molar-refractivity contribution in [3.05, 3.63) is 51.6 Å². The molecule has 0 fully saturated rings. The lowest BCUT2D eigenvalue weighted by Gasteiger charge is -2.35. The first kappa shape index (κ1) is 18.8. The Morgan fingerprint density at radius 1 is 1.29 bits per heavy atom. The van der Waals surface area contributed by atoms with Crippen molar-refractivity contribution >= 4 is 23.4 Å². The maximum Gasteiger partial charge on any atom is 0.274 e. The average molecular weight is 406 g/mol. The number of carbonyl (C=O) groups is 2. The number of likely N-dealkylation sites (N-methyl/N-ethyl adjacent to an activating group) is 1. The zero-order valence-corrected chi connectivity index (χ0v) is 16.5. The first-order valence-electron chi connectivity index (χ1n) is 9.32. The molecule has 1 aromatic heterocycles. The quantitative estimate of drug-likeness (QED) is 0.853. The molecule has 4 rings (SSSR count). The van der Waals surface area contributed by atoms with E-state index in [-0.39, 0.29) is 46.4 Å². The van der Waals surface area contributed by atoms with Crippen molar-refractivity contribution in [2.24, 2.45) is 0 Å². The lowest BCUT2D eigenvalue weighted by Crippen LogP contribution is -2.46. The summed E-state index contributed by atoms with van der Waals surface area (Å²) in [5.74, 6) is -1.33. The van der Waals surface area contributed by atoms with Gasteiger partial charge in [0.05, 0.1) is 5.02 Å². The summed E-state index contributed by atoms with van der Waals surface area (Å²) >= 11 is 5.84. The summed E-state index contributed by atoms with van der Waals surface area (Å²) in [5.41, 5.74) is 1.81. The van der Waals surface area contributed by atoms with Crippen LogP contribution < -0.4 is 0 Å². The Labute approximate surface area is 167 Å². The first-order chi connectivity index (χ1) is 13.3. The minimum atomic E-state index is -0.511. The lowest BCUT2D eigenvalue weighted by atomic mass is 10.0. The van der Waals surface area contributed by atoms with Crippen molar-refractivity contribution in [1.29, 1.82) is 0 Å². The summed E-state index contributed by atoms with van der Waals surface area (Å²) in [5, 5.41) is 10.7. The van der Waals surface area contributed by atoms with Crippen LogP contribution in [0.15, 0.2) is 18.2 Å². The van der Waals surface area contributed by atoms with E-state index in [4.69, 9.17) is 11.6 Å². The van der Waals surface area contributed by atoms with Crippen molar-refractivity contribution < 1.29 is 19.1 Å². The lowest BCUT2D eigenvalue weighted by molar-refractivity contribution is 0.0618. The Kier molecular flexibility index (Phi) is 4.57. The number of amides is 2. The van der Waals surface area contributed by atoms with Gasteiger partial charge in [0, 0.05) is 44.3 Å². The predicted octanol–water partition coefficient (Wildman–Crippen LogP) is 3.05. The molecule has 2 amide bonds. The van der Waals surface area contributed by atoms with E-state index in [1.54, 1.807) is 20.4 Å². The zero-order valence-electron chi connectivity index (χ0n) is 15.7. The van der Waals surface area contributed by atoms with Gasteiger partial charge in [-0.05, 0) is 31.5 Å². The van der Waals surface area contributed by atoms with E-state index in [2.05, 4.69) is 0 Å². The van der Waals surface area contributed by atoms with Gasteiger partial charge in [-0.3, -0.25) is 9.59 Å². The van der Waals surface area contributed by atoms with Crippen molar-refractivity contribution in [1.82, 2.24) is 14.4 Å². The van der Waals surface area contributed by atoms with E-state index in [1.165, 1.54) is 12.1 Å². The van der Waals surface area contributed by atoms with Crippen molar-refractivity contribution in [2.75, 3.05) is 13.1 Å². The third-order valence-corrected chi connectivity index (χ3v) is 5.90. The molecule has 0 radical (unpaired) electrons. The van der Waals surface area contributed by atoms with Crippen molar-refractivity contribution in [3.63, 3.8) is 0 Å². The van der Waals surface area contributed by atoms with Crippen LogP contribution in [0.4, 0.5) is 4.39 Å². The fourth-order valence-electron chi connectivity index (χ4n) is 4.22. The minimum absolute atomic E-state index is 0.00377. The predicted molar refractivity (Wildman–Crippen MR) is 102 cm³/mol. The Morgan fingerprint density at radius 2 is 2.04 bits per heavy atom. The van der Waals surface area contributed by atoms with Crippen LogP contribution in [0, 0.1) is 5.82 Å². The number of benzene rings is 1. The second-order valence-electron chi connectivity index (χ2n) is 7.29. The van der Waals surface area contributed by atoms with Crippen molar-refractivity contribution in [3.8, 4) is 5.75 Å². The van der Waals surface area contributed by atoms with E-state index < -0.39 is 5.82 Å². The highest BCUT2D eigenvalue weighted by Crippen LogP contribution is 2.37. The molecule has 148 valence electrons. The SMILES string of the molecule is CCN1C(=O)c2c(O)c3c(n2C[C@@H]1C)CCN(Cc1ccc(F)c(Cl)c1)C3=O. The molecule has 0 aliphatic carbocycles. The van der Waals surface area contributed by atoms with E-state index in [9.17, 15) is 19.1 Å². The highest BCUT2D eigenvalue weighted by Gasteiger charge is 2.40. The van der Waals surface area contributed by atoms with Crippen LogP contribution in [0.2, 0.25) is 5.02 Å². The standard InChI is InChI=1S/C20H21ClFN3O3/c1-3-24-11(2)9-25-15-6-7-23(10-12-4-5-14(22)13(21)8-12)19(27)16(15)18(26)17(25)20(24)28/h4-5,8,11,26H,3,6-7,9-10H2,1-2H3/t11-/m0/s1. The van der Waals surface area contributed by atoms with Gasteiger partial charge in [-0.25, -0.2) is 4.39 Å². The summed E-state index contributed by atoms with van der Waals surface area (Å²) in [6.45, 7) is 5.65. The topological polar surface area (TPSA) is 65.8 Å². The number of halogens is 2. The number of hydrogen-bond acceptors (Lipinski definition) is 3. The molecule has 3 heterocycles. The number of carbonyl (C=O) groups excluding carboxylic acids is 2. The molecule has 0 spiro atoms. The Hall–Kier alpha value is -2.54. The number of nitrogens with zero attached hydrogens (tertiary/aromatic N) is 3. The van der Waals surface area contributed by atoms with Gasteiger partial charge in [0.2, 0.25) is 0 Å². The maximum absolute atomic E-state index is 13.4. The minimum Gasteiger partial charge on any atom is -0.505 e. The van der Waals surface area contributed by atoms with Crippen LogP contribution in [0.1, 0.15) is 46.0 Å². The van der Waals surface area contributed by atoms with Crippen LogP contribution in [0.25, 0.3) is 0 Å². The molecular weight excluding hydrogens is 385 g/mol. The molecule has 28 heavy (non-hydrogen) atoms. The Morgan fingerprint density at radius 3 is 2.71 bits per heavy atom. The smallest absolute Gasteiger partial charge is 0.274 e. The maximum atomic E-state index is 13.4. The molecule has 2 aliphatic heterocycles. The van der Waals surface area contributed by atoms with E-state index in [0.29, 0.717) is 37.3 Å². The van der Waals surface area contributed by atoms with Crippen LogP contribution in [-0.2, 0) is 19.5 Å². The monoisotopic (exact) mass is 405 g/mol. The molecule has 0 saturated carbocycles. The molecule has 8 heteroatoms. The van der Waals surface area contributed by atoms with E-state index >= 15 is 0 Å². The largest absolute Gasteiger partial charge is 0.505 e. The third-order valence-electron chi connectivity index (χ3n) is 5.61. The van der Waals surface area contributed by atoms with Gasteiger partial charge in [-0.15, -0.1) is 0 Å². The Bertz CT molecular complexity index is 988. The number of hydrogen-bond donors (Lipinski definition) is 1. The number of aromatic hydroxyl groups is 1. The van der Waals surface area contributed by atoms with Crippen LogP contribution in [0.3, 0.4) is 0 Å². The van der Waals surface area contributed by atoms with Gasteiger partial charge < -0.3 is 19.5 Å². The summed E-state index contributed by atoms with van der Waals surface area (Å²) < 4.78 is 15.2. The fourth-order valence-corrected chi connectivity index (χ4v) is 4.42. The molecule has 1 aromatic carbocycles. The highest BCUT2D eigenvalue weighted by atomic mass is 35.5. The van der Waals surface area contributed by atoms with Crippen LogP contribution in [0.5, 0.6) is 5.75 Å². The summed E-state index contributed by atoms with van der Waals surface area (Å²) in [7, 11) is 0. The van der Waals surface area contributed by atoms with E-state index in [0.717, 1.165) is 0 Å². The highest BCUT2D eigenvalue weighted by molar-refractivity contribution is 6.30. The zero-order chi connectivity index (χ0) is 20.2. The molecule has 2 aliphatic rings. The molecule has 1 atom stereocenters. The molecule has 0 saturated heterocycles. The van der Waals surface area contributed by atoms with Gasteiger partial charge in [-0.1, -0.05) is 17.7 Å². The van der Waals surface area contributed by atoms with Gasteiger partial charge in [0.15, 0.2) is 11.4 Å². The molecule has 2 aromatic rings. The fraction of sp³-hybridized carbons (Fsp3) is 0.400. The number of fused-ring (bicyclic) bond motifs is 3. The average Bonchev–Trinajstić information content (AvgIpc) is 2.93. The van der Waals surface area contributed by atoms with Gasteiger partial charge in [0.25, 0.3) is 11.8 Å². The normalized spacial score (nSPS) is 19.1. The van der Waals surface area contributed by atoms with Crippen LogP contribution >= 0.6 is 11.6 Å². The second kappa shape index (κ2) is 6.81. The van der Waals surface area contributed by atoms with Crippen molar-refractivity contribution in [2.45, 2.75) is 39.4 Å². The third kappa shape index (κ3) is 2.76. The summed E-state index contributed by atoms with van der Waals surface area (Å²) in [6.07, 6.45) is 0.537. The van der Waals surface area contributed by atoms with Gasteiger partial charge >= 0.3 is 0 Å². The first-order valence-corrected chi connectivity index (χ1v) is 9.69. The van der Waals surface area contributed by atoms with Gasteiger partial charge in [0.1, 0.15) is 11.4 Å². The molecule has 6 nitrogen and oxygen atoms in total. The molecular formula is C20H21ClFN3O3. The number of rotatable bonds is 3.